The minimum atomic E-state index is 0.416. The fourth-order valence-electron chi connectivity index (χ4n) is 2.30. The molecule has 1 N–H and O–H groups in total. The van der Waals surface area contributed by atoms with E-state index >= 15 is 0 Å². The van der Waals surface area contributed by atoms with Crippen molar-refractivity contribution in [1.29, 1.82) is 0 Å². The Kier molecular flexibility index (Phi) is 7.28. The molecule has 0 spiro atoms. The lowest BCUT2D eigenvalue weighted by Crippen LogP contribution is -2.42. The number of piperidine rings is 1. The van der Waals surface area contributed by atoms with E-state index in [0.717, 1.165) is 57.8 Å². The highest BCUT2D eigenvalue weighted by molar-refractivity contribution is 5.87. The van der Waals surface area contributed by atoms with Crippen molar-refractivity contribution in [2.24, 2.45) is 17.0 Å². The molecule has 1 aliphatic rings. The quantitative estimate of drug-likeness (QED) is 0.432. The number of oxime groups is 1. The first-order chi connectivity index (χ1) is 8.67. The molecule has 0 aromatic carbocycles. The lowest BCUT2D eigenvalue weighted by molar-refractivity contribution is 0.0907. The van der Waals surface area contributed by atoms with E-state index < -0.39 is 0 Å². The molecule has 0 radical (unpaired) electrons. The van der Waals surface area contributed by atoms with Crippen LogP contribution >= 0.6 is 0 Å². The Morgan fingerprint density at radius 3 is 2.83 bits per heavy atom. The molecular weight excluding hydrogens is 228 g/mol. The molecule has 18 heavy (non-hydrogen) atoms. The lowest BCUT2D eigenvalue weighted by Gasteiger charge is -2.32. The highest BCUT2D eigenvalue weighted by atomic mass is 16.5. The van der Waals surface area contributed by atoms with Crippen LogP contribution in [0.5, 0.6) is 0 Å². The molecule has 0 bridgehead atoms. The molecule has 4 nitrogen and oxygen atoms in total. The predicted molar refractivity (Wildman–Crippen MR) is 74.3 cm³/mol. The molecule has 1 saturated heterocycles. The maximum atomic E-state index is 8.92. The second-order valence-corrected chi connectivity index (χ2v) is 5.54. The molecule has 1 heterocycles. The SMILES string of the molecule is CCC1CN(CCOCCC(C)C)CCC1=NO. The molecule has 0 aromatic heterocycles. The summed E-state index contributed by atoms with van der Waals surface area (Å²) in [6, 6.07) is 0. The van der Waals surface area contributed by atoms with E-state index in [2.05, 4.69) is 30.8 Å². The van der Waals surface area contributed by atoms with Gasteiger partial charge in [-0.3, -0.25) is 0 Å². The first-order valence-corrected chi connectivity index (χ1v) is 7.18. The van der Waals surface area contributed by atoms with Gasteiger partial charge in [0, 0.05) is 38.6 Å². The third-order valence-electron chi connectivity index (χ3n) is 3.65. The first-order valence-electron chi connectivity index (χ1n) is 7.18. The van der Waals surface area contributed by atoms with Crippen LogP contribution in [-0.2, 0) is 4.74 Å². The highest BCUT2D eigenvalue weighted by Crippen LogP contribution is 2.17. The maximum absolute atomic E-state index is 8.92. The van der Waals surface area contributed by atoms with Gasteiger partial charge in [0.15, 0.2) is 0 Å². The van der Waals surface area contributed by atoms with Crippen molar-refractivity contribution >= 4 is 5.71 Å². The van der Waals surface area contributed by atoms with Crippen molar-refractivity contribution in [1.82, 2.24) is 4.90 Å². The van der Waals surface area contributed by atoms with Gasteiger partial charge in [0.1, 0.15) is 0 Å². The number of ether oxygens (including phenoxy) is 1. The number of hydrogen-bond donors (Lipinski definition) is 1. The van der Waals surface area contributed by atoms with Crippen LogP contribution in [0.1, 0.15) is 40.0 Å². The van der Waals surface area contributed by atoms with Gasteiger partial charge in [0.2, 0.25) is 0 Å². The minimum Gasteiger partial charge on any atom is -0.411 e. The topological polar surface area (TPSA) is 45.1 Å². The minimum absolute atomic E-state index is 0.416. The summed E-state index contributed by atoms with van der Waals surface area (Å²) in [5, 5.41) is 12.3. The zero-order valence-electron chi connectivity index (χ0n) is 12.1. The van der Waals surface area contributed by atoms with Crippen LogP contribution < -0.4 is 0 Å². The molecular formula is C14H28N2O2. The monoisotopic (exact) mass is 256 g/mol. The molecule has 1 rings (SSSR count). The summed E-state index contributed by atoms with van der Waals surface area (Å²) in [6.45, 7) is 11.3. The summed E-state index contributed by atoms with van der Waals surface area (Å²) < 4.78 is 5.65. The Balaban J connectivity index is 2.16. The third kappa shape index (κ3) is 5.36. The van der Waals surface area contributed by atoms with Gasteiger partial charge in [-0.05, 0) is 18.8 Å². The Hall–Kier alpha value is -0.610. The van der Waals surface area contributed by atoms with Gasteiger partial charge in [-0.15, -0.1) is 0 Å². The van der Waals surface area contributed by atoms with Gasteiger partial charge < -0.3 is 14.8 Å². The molecule has 0 saturated carbocycles. The maximum Gasteiger partial charge on any atom is 0.0627 e. The van der Waals surface area contributed by atoms with Crippen LogP contribution in [0.4, 0.5) is 0 Å². The van der Waals surface area contributed by atoms with Crippen molar-refractivity contribution in [3.05, 3.63) is 0 Å². The van der Waals surface area contributed by atoms with Gasteiger partial charge in [-0.25, -0.2) is 0 Å². The van der Waals surface area contributed by atoms with E-state index in [-0.39, 0.29) is 0 Å². The van der Waals surface area contributed by atoms with Crippen molar-refractivity contribution in [2.75, 3.05) is 32.8 Å². The van der Waals surface area contributed by atoms with Crippen molar-refractivity contribution in [3.63, 3.8) is 0 Å². The van der Waals surface area contributed by atoms with E-state index in [1.54, 1.807) is 0 Å². The zero-order chi connectivity index (χ0) is 13.4. The van der Waals surface area contributed by atoms with Gasteiger partial charge in [0.25, 0.3) is 0 Å². The van der Waals surface area contributed by atoms with Crippen molar-refractivity contribution < 1.29 is 9.94 Å². The molecule has 0 aliphatic carbocycles. The fraction of sp³-hybridized carbons (Fsp3) is 0.929. The van der Waals surface area contributed by atoms with E-state index in [1.165, 1.54) is 0 Å². The second kappa shape index (κ2) is 8.48. The number of nitrogens with zero attached hydrogens (tertiary/aromatic N) is 2. The molecule has 0 amide bonds. The largest absolute Gasteiger partial charge is 0.411 e. The predicted octanol–water partition coefficient (Wildman–Crippen LogP) is 2.61. The summed E-state index contributed by atoms with van der Waals surface area (Å²) in [7, 11) is 0. The van der Waals surface area contributed by atoms with Crippen molar-refractivity contribution in [2.45, 2.75) is 40.0 Å². The molecule has 0 aromatic rings. The molecule has 1 fully saturated rings. The molecule has 106 valence electrons. The average Bonchev–Trinajstić information content (AvgIpc) is 2.37. The van der Waals surface area contributed by atoms with Crippen LogP contribution in [0.15, 0.2) is 5.16 Å². The molecule has 4 heteroatoms. The summed E-state index contributed by atoms with van der Waals surface area (Å²) in [4.78, 5) is 2.41. The summed E-state index contributed by atoms with van der Waals surface area (Å²) >= 11 is 0. The Morgan fingerprint density at radius 1 is 1.44 bits per heavy atom. The lowest BCUT2D eigenvalue weighted by atomic mass is 9.93. The van der Waals surface area contributed by atoms with Crippen molar-refractivity contribution in [3.8, 4) is 0 Å². The number of likely N-dealkylation sites (tertiary alicyclic amines) is 1. The standard InChI is InChI=1S/C14H28N2O2/c1-4-13-11-16(7-5-14(13)15-17)8-10-18-9-6-12(2)3/h12-13,17H,4-11H2,1-3H3. The number of hydrogen-bond acceptors (Lipinski definition) is 4. The average molecular weight is 256 g/mol. The first kappa shape index (κ1) is 15.4. The van der Waals surface area contributed by atoms with E-state index in [0.29, 0.717) is 11.8 Å². The van der Waals surface area contributed by atoms with Crippen LogP contribution in [0.25, 0.3) is 0 Å². The van der Waals surface area contributed by atoms with Gasteiger partial charge >= 0.3 is 0 Å². The van der Waals surface area contributed by atoms with Gasteiger partial charge in [-0.1, -0.05) is 25.9 Å². The summed E-state index contributed by atoms with van der Waals surface area (Å²) in [6.07, 6.45) is 3.07. The summed E-state index contributed by atoms with van der Waals surface area (Å²) in [5.41, 5.74) is 0.967. The molecule has 1 unspecified atom stereocenters. The smallest absolute Gasteiger partial charge is 0.0627 e. The fourth-order valence-corrected chi connectivity index (χ4v) is 2.30. The Morgan fingerprint density at radius 2 is 2.22 bits per heavy atom. The second-order valence-electron chi connectivity index (χ2n) is 5.54. The Labute approximate surface area is 111 Å². The van der Waals surface area contributed by atoms with E-state index in [1.807, 2.05) is 0 Å². The Bertz CT molecular complexity index is 254. The third-order valence-corrected chi connectivity index (χ3v) is 3.65. The van der Waals surface area contributed by atoms with Crippen LogP contribution in [-0.4, -0.2) is 48.7 Å². The van der Waals surface area contributed by atoms with Gasteiger partial charge in [-0.2, -0.15) is 0 Å². The number of rotatable bonds is 7. The summed E-state index contributed by atoms with van der Waals surface area (Å²) in [5.74, 6) is 1.13. The zero-order valence-corrected chi connectivity index (χ0v) is 12.1. The van der Waals surface area contributed by atoms with E-state index in [9.17, 15) is 0 Å². The van der Waals surface area contributed by atoms with Gasteiger partial charge in [0.05, 0.1) is 12.3 Å². The highest BCUT2D eigenvalue weighted by Gasteiger charge is 2.24. The van der Waals surface area contributed by atoms with Crippen LogP contribution in [0.2, 0.25) is 0 Å². The van der Waals surface area contributed by atoms with Crippen LogP contribution in [0, 0.1) is 11.8 Å². The normalized spacial score (nSPS) is 24.0. The molecule has 1 aliphatic heterocycles. The van der Waals surface area contributed by atoms with E-state index in [4.69, 9.17) is 9.94 Å². The molecule has 1 atom stereocenters. The van der Waals surface area contributed by atoms with Crippen LogP contribution in [0.3, 0.4) is 0 Å².